The smallest absolute Gasteiger partial charge is 0.0565 e. The zero-order valence-electron chi connectivity index (χ0n) is 4.60. The molecule has 1 N–H and O–H groups in total. The van der Waals surface area contributed by atoms with E-state index < -0.39 is 0 Å². The first kappa shape index (κ1) is 4.59. The molecule has 0 fully saturated rings. The minimum absolute atomic E-state index is 0.899. The third-order valence-corrected chi connectivity index (χ3v) is 0.884. The molecule has 0 aliphatic carbocycles. The second-order valence-electron chi connectivity index (χ2n) is 1.69. The Hall–Kier alpha value is -0.570. The molecule has 0 saturated heterocycles. The summed E-state index contributed by atoms with van der Waals surface area (Å²) >= 11 is 0. The summed E-state index contributed by atoms with van der Waals surface area (Å²) in [5, 5.41) is 5.75. The lowest BCUT2D eigenvalue weighted by molar-refractivity contribution is 0.289. The molecule has 0 unspecified atom stereocenters. The van der Waals surface area contributed by atoms with Gasteiger partial charge in [-0.15, -0.1) is 0 Å². The van der Waals surface area contributed by atoms with E-state index >= 15 is 0 Å². The van der Waals surface area contributed by atoms with Crippen molar-refractivity contribution in [1.29, 1.82) is 0 Å². The molecule has 7 heavy (non-hydrogen) atoms. The van der Waals surface area contributed by atoms with E-state index in [0.29, 0.717) is 0 Å². The van der Waals surface area contributed by atoms with E-state index in [1.54, 1.807) is 5.12 Å². The van der Waals surface area contributed by atoms with Gasteiger partial charge in [0.2, 0.25) is 0 Å². The fourth-order valence-corrected chi connectivity index (χ4v) is 0.556. The van der Waals surface area contributed by atoms with Crippen LogP contribution in [0.4, 0.5) is 0 Å². The van der Waals surface area contributed by atoms with E-state index in [2.05, 4.69) is 10.5 Å². The van der Waals surface area contributed by atoms with Crippen LogP contribution in [0.1, 0.15) is 6.92 Å². The van der Waals surface area contributed by atoms with Crippen molar-refractivity contribution in [2.24, 2.45) is 5.10 Å². The van der Waals surface area contributed by atoms with Gasteiger partial charge in [0.1, 0.15) is 0 Å². The van der Waals surface area contributed by atoms with Crippen LogP contribution in [-0.4, -0.2) is 24.4 Å². The van der Waals surface area contributed by atoms with E-state index in [0.717, 1.165) is 12.3 Å². The van der Waals surface area contributed by atoms with Gasteiger partial charge in [-0.2, -0.15) is 5.10 Å². The number of nitrogens with one attached hydrogen (secondary N) is 1. The predicted octanol–water partition coefficient (Wildman–Crippen LogP) is -0.188. The third kappa shape index (κ3) is 0.899. The highest BCUT2D eigenvalue weighted by Gasteiger charge is 2.01. The normalized spacial score (nSPS) is 20.3. The molecule has 3 nitrogen and oxygen atoms in total. The van der Waals surface area contributed by atoms with Gasteiger partial charge in [0.25, 0.3) is 0 Å². The van der Waals surface area contributed by atoms with Crippen LogP contribution in [0.25, 0.3) is 0 Å². The van der Waals surface area contributed by atoms with Crippen molar-refractivity contribution < 1.29 is 0 Å². The molecule has 0 spiro atoms. The highest BCUT2D eigenvalue weighted by molar-refractivity contribution is 5.84. The van der Waals surface area contributed by atoms with Crippen LogP contribution in [0.5, 0.6) is 0 Å². The van der Waals surface area contributed by atoms with Gasteiger partial charge in [-0.1, -0.05) is 0 Å². The second-order valence-corrected chi connectivity index (χ2v) is 1.69. The average Bonchev–Trinajstić information content (AvgIpc) is 1.87. The largest absolute Gasteiger partial charge is 0.233 e. The lowest BCUT2D eigenvalue weighted by Crippen LogP contribution is -2.24. The highest BCUT2D eigenvalue weighted by Crippen LogP contribution is 1.87. The van der Waals surface area contributed by atoms with E-state index in [1.807, 2.05) is 14.0 Å². The molecule has 1 heterocycles. The Morgan fingerprint density at radius 3 is 2.71 bits per heavy atom. The summed E-state index contributed by atoms with van der Waals surface area (Å²) in [4.78, 5) is 0. The number of hydrogen-bond donors (Lipinski definition) is 1. The quantitative estimate of drug-likeness (QED) is 0.456. The van der Waals surface area contributed by atoms with Gasteiger partial charge in [0.05, 0.1) is 12.3 Å². The Morgan fingerprint density at radius 1 is 1.86 bits per heavy atom. The van der Waals surface area contributed by atoms with Crippen molar-refractivity contribution in [2.45, 2.75) is 6.92 Å². The van der Waals surface area contributed by atoms with Crippen LogP contribution in [0.15, 0.2) is 5.10 Å². The molecule has 1 aliphatic rings. The Kier molecular flexibility index (Phi) is 0.982. The predicted molar refractivity (Wildman–Crippen MR) is 28.9 cm³/mol. The topological polar surface area (TPSA) is 27.6 Å². The van der Waals surface area contributed by atoms with Gasteiger partial charge in [-0.25, -0.2) is 10.5 Å². The molecule has 0 bridgehead atoms. The van der Waals surface area contributed by atoms with Crippen LogP contribution >= 0.6 is 0 Å². The molecular weight excluding hydrogens is 90.1 g/mol. The summed E-state index contributed by atoms with van der Waals surface area (Å²) in [6.07, 6.45) is 0. The molecule has 0 saturated carbocycles. The van der Waals surface area contributed by atoms with E-state index in [-0.39, 0.29) is 0 Å². The summed E-state index contributed by atoms with van der Waals surface area (Å²) in [5.41, 5.74) is 4.14. The van der Waals surface area contributed by atoms with Crippen molar-refractivity contribution in [2.75, 3.05) is 13.6 Å². The molecule has 1 aliphatic heterocycles. The maximum Gasteiger partial charge on any atom is 0.0565 e. The Bertz CT molecular complexity index is 97.1. The zero-order chi connectivity index (χ0) is 5.28. The molecule has 40 valence electrons. The average molecular weight is 99.1 g/mol. The summed E-state index contributed by atoms with van der Waals surface area (Å²) in [7, 11) is 1.89. The molecule has 0 radical (unpaired) electrons. The first-order chi connectivity index (χ1) is 3.29. The van der Waals surface area contributed by atoms with Crippen molar-refractivity contribution in [3.05, 3.63) is 0 Å². The first-order valence-electron chi connectivity index (χ1n) is 2.30. The van der Waals surface area contributed by atoms with Crippen LogP contribution < -0.4 is 5.43 Å². The molecule has 3 heteroatoms. The van der Waals surface area contributed by atoms with Crippen molar-refractivity contribution in [1.82, 2.24) is 10.5 Å². The van der Waals surface area contributed by atoms with E-state index in [4.69, 9.17) is 0 Å². The van der Waals surface area contributed by atoms with E-state index in [1.165, 1.54) is 0 Å². The number of hydrogen-bond acceptors (Lipinski definition) is 3. The molecule has 1 rings (SSSR count). The molecule has 0 amide bonds. The first-order valence-corrected chi connectivity index (χ1v) is 2.30. The van der Waals surface area contributed by atoms with Gasteiger partial charge in [0, 0.05) is 7.05 Å². The monoisotopic (exact) mass is 99.1 g/mol. The van der Waals surface area contributed by atoms with Crippen LogP contribution in [0.3, 0.4) is 0 Å². The van der Waals surface area contributed by atoms with Gasteiger partial charge in [0.15, 0.2) is 0 Å². The Morgan fingerprint density at radius 2 is 2.57 bits per heavy atom. The molecule has 0 aromatic rings. The van der Waals surface area contributed by atoms with Gasteiger partial charge >= 0.3 is 0 Å². The SMILES string of the molecule is CC1=NN(C)NC1. The maximum absolute atomic E-state index is 4.03. The Balaban J connectivity index is 2.50. The van der Waals surface area contributed by atoms with Crippen molar-refractivity contribution >= 4 is 5.71 Å². The fraction of sp³-hybridized carbons (Fsp3) is 0.750. The number of rotatable bonds is 0. The second kappa shape index (κ2) is 1.50. The third-order valence-electron chi connectivity index (χ3n) is 0.884. The summed E-state index contributed by atoms with van der Waals surface area (Å²) < 4.78 is 0. The zero-order valence-corrected chi connectivity index (χ0v) is 4.60. The molecular formula is C4H9N3. The summed E-state index contributed by atoms with van der Waals surface area (Å²) in [6, 6.07) is 0. The molecule has 0 aromatic carbocycles. The molecule has 0 aromatic heterocycles. The highest BCUT2D eigenvalue weighted by atomic mass is 15.7. The molecule has 0 atom stereocenters. The number of hydrazone groups is 1. The fourth-order valence-electron chi connectivity index (χ4n) is 0.556. The van der Waals surface area contributed by atoms with Gasteiger partial charge < -0.3 is 0 Å². The van der Waals surface area contributed by atoms with Crippen LogP contribution in [-0.2, 0) is 0 Å². The number of hydrazine groups is 1. The Labute approximate surface area is 43.0 Å². The number of nitrogens with zero attached hydrogens (tertiary/aromatic N) is 2. The van der Waals surface area contributed by atoms with Gasteiger partial charge in [-0.05, 0) is 6.92 Å². The standard InChI is InChI=1S/C4H9N3/c1-4-3-5-7(2)6-4/h5H,3H2,1-2H3. The maximum atomic E-state index is 4.03. The van der Waals surface area contributed by atoms with Crippen molar-refractivity contribution in [3.8, 4) is 0 Å². The van der Waals surface area contributed by atoms with Crippen molar-refractivity contribution in [3.63, 3.8) is 0 Å². The van der Waals surface area contributed by atoms with Crippen LogP contribution in [0, 0.1) is 0 Å². The van der Waals surface area contributed by atoms with E-state index in [9.17, 15) is 0 Å². The lowest BCUT2D eigenvalue weighted by atomic mass is 10.4. The summed E-state index contributed by atoms with van der Waals surface area (Å²) in [6.45, 7) is 2.90. The minimum atomic E-state index is 0.899. The van der Waals surface area contributed by atoms with Gasteiger partial charge in [-0.3, -0.25) is 0 Å². The minimum Gasteiger partial charge on any atom is -0.233 e. The van der Waals surface area contributed by atoms with Crippen LogP contribution in [0.2, 0.25) is 0 Å². The summed E-state index contributed by atoms with van der Waals surface area (Å²) in [5.74, 6) is 0. The lowest BCUT2D eigenvalue weighted by Gasteiger charge is -2.02.